The molecule has 130 valence electrons. The van der Waals surface area contributed by atoms with Crippen molar-refractivity contribution in [2.45, 2.75) is 0 Å². The second-order valence-corrected chi connectivity index (χ2v) is 5.64. The Kier molecular flexibility index (Phi) is 4.71. The smallest absolute Gasteiger partial charge is 0.198 e. The lowest BCUT2D eigenvalue weighted by atomic mass is 9.83. The Balaban J connectivity index is 0.000000206. The fourth-order valence-electron chi connectivity index (χ4n) is 2.79. The van der Waals surface area contributed by atoms with E-state index < -0.39 is 0 Å². The summed E-state index contributed by atoms with van der Waals surface area (Å²) in [5.74, 6) is -0.00171. The van der Waals surface area contributed by atoms with Crippen LogP contribution in [0.25, 0.3) is 0 Å². The molecule has 0 spiro atoms. The number of hydrogen-bond acceptors (Lipinski definition) is 5. The van der Waals surface area contributed by atoms with Gasteiger partial charge in [-0.3, -0.25) is 9.59 Å². The first-order chi connectivity index (χ1) is 12.5. The monoisotopic (exact) mass is 347 g/mol. The first-order valence-corrected chi connectivity index (χ1v) is 7.93. The summed E-state index contributed by atoms with van der Waals surface area (Å²) in [6, 6.07) is 19.0. The standard InChI is InChI=1S/C14H9NO3.C7H8O/c15-9-5-6-10(16)12-11(9)13(17)7-3-1-2-4-8(7)14(12)18;1-8-7-5-3-2-4-6-7/h1-6,16H,15H2;2-6H,1H3. The molecule has 0 atom stereocenters. The highest BCUT2D eigenvalue weighted by atomic mass is 16.5. The van der Waals surface area contributed by atoms with Crippen molar-refractivity contribution < 1.29 is 19.4 Å². The molecule has 0 bridgehead atoms. The van der Waals surface area contributed by atoms with E-state index in [1.54, 1.807) is 31.4 Å². The van der Waals surface area contributed by atoms with Gasteiger partial charge in [-0.1, -0.05) is 42.5 Å². The summed E-state index contributed by atoms with van der Waals surface area (Å²) >= 11 is 0. The number of benzene rings is 3. The Morgan fingerprint density at radius 1 is 0.769 bits per heavy atom. The van der Waals surface area contributed by atoms with Crippen molar-refractivity contribution >= 4 is 17.3 Å². The van der Waals surface area contributed by atoms with Gasteiger partial charge in [0.1, 0.15) is 11.5 Å². The van der Waals surface area contributed by atoms with Crippen LogP contribution in [0.4, 0.5) is 5.69 Å². The molecule has 3 N–H and O–H groups in total. The maximum Gasteiger partial charge on any atom is 0.198 e. The van der Waals surface area contributed by atoms with Gasteiger partial charge in [-0.05, 0) is 24.3 Å². The minimum atomic E-state index is -0.370. The summed E-state index contributed by atoms with van der Waals surface area (Å²) in [7, 11) is 1.66. The van der Waals surface area contributed by atoms with Gasteiger partial charge in [0.25, 0.3) is 0 Å². The van der Waals surface area contributed by atoms with E-state index >= 15 is 0 Å². The quantitative estimate of drug-likeness (QED) is 0.407. The Bertz CT molecular complexity index is 921. The molecule has 0 aliphatic heterocycles. The van der Waals surface area contributed by atoms with E-state index in [9.17, 15) is 14.7 Å². The van der Waals surface area contributed by atoms with Crippen molar-refractivity contribution in [1.29, 1.82) is 0 Å². The molecule has 0 unspecified atom stereocenters. The highest BCUT2D eigenvalue weighted by molar-refractivity contribution is 6.30. The second kappa shape index (κ2) is 7.11. The lowest BCUT2D eigenvalue weighted by Crippen LogP contribution is -2.22. The first kappa shape index (κ1) is 17.2. The normalized spacial score (nSPS) is 11.7. The number of nitrogen functional groups attached to an aromatic ring is 1. The highest BCUT2D eigenvalue weighted by Gasteiger charge is 2.33. The van der Waals surface area contributed by atoms with Gasteiger partial charge in [-0.15, -0.1) is 0 Å². The summed E-state index contributed by atoms with van der Waals surface area (Å²) in [4.78, 5) is 24.5. The number of rotatable bonds is 1. The van der Waals surface area contributed by atoms with E-state index in [0.717, 1.165) is 5.75 Å². The number of nitrogens with two attached hydrogens (primary N) is 1. The Labute approximate surface area is 150 Å². The van der Waals surface area contributed by atoms with E-state index in [2.05, 4.69) is 0 Å². The first-order valence-electron chi connectivity index (χ1n) is 7.93. The number of carbonyl (C=O) groups excluding carboxylic acids is 2. The average molecular weight is 347 g/mol. The van der Waals surface area contributed by atoms with Crippen molar-refractivity contribution in [3.8, 4) is 11.5 Å². The van der Waals surface area contributed by atoms with Crippen LogP contribution in [0.5, 0.6) is 11.5 Å². The molecule has 0 saturated carbocycles. The second-order valence-electron chi connectivity index (χ2n) is 5.64. The molecular weight excluding hydrogens is 330 g/mol. The third-order valence-corrected chi connectivity index (χ3v) is 4.06. The maximum atomic E-state index is 12.3. The van der Waals surface area contributed by atoms with Gasteiger partial charge < -0.3 is 15.6 Å². The van der Waals surface area contributed by atoms with E-state index in [-0.39, 0.29) is 34.1 Å². The van der Waals surface area contributed by atoms with Gasteiger partial charge >= 0.3 is 0 Å². The number of fused-ring (bicyclic) bond motifs is 2. The zero-order chi connectivity index (χ0) is 18.7. The van der Waals surface area contributed by atoms with Crippen LogP contribution >= 0.6 is 0 Å². The van der Waals surface area contributed by atoms with E-state index in [0.29, 0.717) is 11.1 Å². The minimum absolute atomic E-state index is 0.00120. The van der Waals surface area contributed by atoms with Crippen molar-refractivity contribution in [3.63, 3.8) is 0 Å². The van der Waals surface area contributed by atoms with Gasteiger partial charge in [-0.25, -0.2) is 0 Å². The molecule has 0 heterocycles. The number of ether oxygens (including phenoxy) is 1. The van der Waals surface area contributed by atoms with Crippen molar-refractivity contribution in [2.75, 3.05) is 12.8 Å². The molecule has 5 nitrogen and oxygen atoms in total. The van der Waals surface area contributed by atoms with Crippen LogP contribution in [0.3, 0.4) is 0 Å². The molecule has 0 aromatic heterocycles. The number of methoxy groups -OCH3 is 1. The van der Waals surface area contributed by atoms with Crippen LogP contribution in [0.15, 0.2) is 66.7 Å². The zero-order valence-electron chi connectivity index (χ0n) is 14.1. The summed E-state index contributed by atoms with van der Waals surface area (Å²) in [5, 5.41) is 9.77. The van der Waals surface area contributed by atoms with Gasteiger partial charge in [0.15, 0.2) is 11.6 Å². The van der Waals surface area contributed by atoms with E-state index in [1.165, 1.54) is 12.1 Å². The van der Waals surface area contributed by atoms with Crippen molar-refractivity contribution in [3.05, 3.63) is 89.0 Å². The highest BCUT2D eigenvalue weighted by Crippen LogP contribution is 2.35. The molecule has 0 amide bonds. The molecule has 3 aromatic rings. The molecule has 26 heavy (non-hydrogen) atoms. The molecule has 4 rings (SSSR count). The number of phenolic OH excluding ortho intramolecular Hbond substituents is 1. The van der Waals surface area contributed by atoms with Crippen LogP contribution < -0.4 is 10.5 Å². The number of para-hydroxylation sites is 1. The van der Waals surface area contributed by atoms with Crippen LogP contribution in [0.2, 0.25) is 0 Å². The fourth-order valence-corrected chi connectivity index (χ4v) is 2.79. The Morgan fingerprint density at radius 2 is 1.31 bits per heavy atom. The summed E-state index contributed by atoms with van der Waals surface area (Å²) in [6.45, 7) is 0. The average Bonchev–Trinajstić information content (AvgIpc) is 2.69. The fraction of sp³-hybridized carbons (Fsp3) is 0.0476. The van der Waals surface area contributed by atoms with E-state index in [4.69, 9.17) is 10.5 Å². The molecule has 3 aromatic carbocycles. The molecule has 1 aliphatic rings. The van der Waals surface area contributed by atoms with Gasteiger partial charge in [-0.2, -0.15) is 0 Å². The van der Waals surface area contributed by atoms with Crippen LogP contribution in [0, 0.1) is 0 Å². The van der Waals surface area contributed by atoms with Gasteiger partial charge in [0.2, 0.25) is 0 Å². The number of aromatic hydroxyl groups is 1. The number of phenols is 1. The van der Waals surface area contributed by atoms with E-state index in [1.807, 2.05) is 30.3 Å². The predicted molar refractivity (Wildman–Crippen MR) is 98.8 cm³/mol. The molecule has 1 aliphatic carbocycles. The van der Waals surface area contributed by atoms with Gasteiger partial charge in [0, 0.05) is 16.8 Å². The molecule has 0 radical (unpaired) electrons. The maximum absolute atomic E-state index is 12.3. The summed E-state index contributed by atoms with van der Waals surface area (Å²) < 4.78 is 4.91. The summed E-state index contributed by atoms with van der Waals surface area (Å²) in [5.41, 5.74) is 6.66. The number of ketones is 2. The SMILES string of the molecule is COc1ccccc1.Nc1ccc(O)c2c1C(=O)c1ccccc1C2=O. The Hall–Kier alpha value is -3.60. The number of anilines is 1. The number of carbonyl (C=O) groups is 2. The van der Waals surface area contributed by atoms with Crippen LogP contribution in [0.1, 0.15) is 31.8 Å². The molecule has 5 heteroatoms. The van der Waals surface area contributed by atoms with Crippen LogP contribution in [-0.4, -0.2) is 23.8 Å². The molecule has 0 saturated heterocycles. The van der Waals surface area contributed by atoms with Crippen molar-refractivity contribution in [2.24, 2.45) is 0 Å². The number of hydrogen-bond donors (Lipinski definition) is 2. The van der Waals surface area contributed by atoms with Crippen molar-refractivity contribution in [1.82, 2.24) is 0 Å². The Morgan fingerprint density at radius 3 is 1.85 bits per heavy atom. The lowest BCUT2D eigenvalue weighted by molar-refractivity contribution is 0.0977. The van der Waals surface area contributed by atoms with Gasteiger partial charge in [0.05, 0.1) is 18.2 Å². The lowest BCUT2D eigenvalue weighted by Gasteiger charge is -2.19. The largest absolute Gasteiger partial charge is 0.507 e. The molecular formula is C21H17NO4. The molecule has 0 fully saturated rings. The summed E-state index contributed by atoms with van der Waals surface area (Å²) in [6.07, 6.45) is 0. The third-order valence-electron chi connectivity index (χ3n) is 4.06. The topological polar surface area (TPSA) is 89.6 Å². The zero-order valence-corrected chi connectivity index (χ0v) is 14.1. The van der Waals surface area contributed by atoms with Crippen LogP contribution in [-0.2, 0) is 0 Å². The minimum Gasteiger partial charge on any atom is -0.507 e. The predicted octanol–water partition coefficient (Wildman–Crippen LogP) is 3.45. The third kappa shape index (κ3) is 3.02.